The van der Waals surface area contributed by atoms with Crippen molar-refractivity contribution in [3.63, 3.8) is 0 Å². The molecular weight excluding hydrogens is 191 g/mol. The zero-order valence-corrected chi connectivity index (χ0v) is 8.15. The van der Waals surface area contributed by atoms with Gasteiger partial charge in [-0.15, -0.1) is 0 Å². The van der Waals surface area contributed by atoms with E-state index in [4.69, 9.17) is 0 Å². The molecule has 0 radical (unpaired) electrons. The molecule has 1 heterocycles. The second-order valence-corrected chi connectivity index (χ2v) is 3.27. The molecule has 1 aromatic heterocycles. The van der Waals surface area contributed by atoms with Gasteiger partial charge in [-0.2, -0.15) is 13.2 Å². The number of rotatable bonds is 2. The van der Waals surface area contributed by atoms with Gasteiger partial charge in [0.2, 0.25) is 0 Å². The van der Waals surface area contributed by atoms with Crippen molar-refractivity contribution in [2.75, 3.05) is 0 Å². The van der Waals surface area contributed by atoms with Gasteiger partial charge in [0.15, 0.2) is 0 Å². The highest BCUT2D eigenvalue weighted by Gasteiger charge is 2.32. The van der Waals surface area contributed by atoms with Gasteiger partial charge >= 0.3 is 6.18 Å². The molecule has 1 rings (SSSR count). The van der Waals surface area contributed by atoms with Crippen molar-refractivity contribution in [2.45, 2.75) is 32.9 Å². The first kappa shape index (κ1) is 11.0. The predicted octanol–water partition coefficient (Wildman–Crippen LogP) is 3.36. The normalized spacial score (nSPS) is 11.8. The lowest BCUT2D eigenvalue weighted by Crippen LogP contribution is -2.10. The average molecular weight is 203 g/mol. The van der Waals surface area contributed by atoms with E-state index in [0.717, 1.165) is 12.5 Å². The van der Waals surface area contributed by atoms with E-state index in [1.165, 1.54) is 0 Å². The van der Waals surface area contributed by atoms with Crippen LogP contribution in [0.5, 0.6) is 0 Å². The minimum absolute atomic E-state index is 0.514. The molecule has 0 saturated heterocycles. The Kier molecular flexibility index (Phi) is 3.13. The Bertz CT molecular complexity index is 318. The van der Waals surface area contributed by atoms with Gasteiger partial charge in [-0.3, -0.25) is 0 Å². The number of aryl methyl sites for hydroxylation is 2. The molecule has 1 nitrogen and oxygen atoms in total. The van der Waals surface area contributed by atoms with E-state index in [1.54, 1.807) is 13.0 Å². The van der Waals surface area contributed by atoms with Gasteiger partial charge in [0, 0.05) is 5.69 Å². The first-order valence-electron chi connectivity index (χ1n) is 4.48. The summed E-state index contributed by atoms with van der Waals surface area (Å²) in [4.78, 5) is 3.57. The summed E-state index contributed by atoms with van der Waals surface area (Å²) in [7, 11) is 0. The van der Waals surface area contributed by atoms with Gasteiger partial charge in [0.1, 0.15) is 5.69 Å². The third-order valence-corrected chi connectivity index (χ3v) is 1.82. The van der Waals surface area contributed by atoms with Crippen LogP contribution in [-0.4, -0.2) is 4.98 Å². The summed E-state index contributed by atoms with van der Waals surface area (Å²) >= 11 is 0. The lowest BCUT2D eigenvalue weighted by Gasteiger charge is -2.08. The van der Waals surface area contributed by atoms with Crippen LogP contribution in [0.1, 0.15) is 30.3 Å². The summed E-state index contributed by atoms with van der Waals surface area (Å²) in [6, 6.07) is 2.76. The monoisotopic (exact) mass is 203 g/mol. The highest BCUT2D eigenvalue weighted by Crippen LogP contribution is 2.28. The van der Waals surface area contributed by atoms with E-state index in [0.29, 0.717) is 17.7 Å². The Labute approximate surface area is 81.0 Å². The van der Waals surface area contributed by atoms with E-state index >= 15 is 0 Å². The summed E-state index contributed by atoms with van der Waals surface area (Å²) in [5.74, 6) is 0. The molecule has 0 aliphatic heterocycles. The fourth-order valence-corrected chi connectivity index (χ4v) is 1.27. The summed E-state index contributed by atoms with van der Waals surface area (Å²) in [6.07, 6.45) is -2.95. The number of halogens is 3. The van der Waals surface area contributed by atoms with Crippen molar-refractivity contribution in [2.24, 2.45) is 0 Å². The minimum Gasteiger partial charge on any atom is -0.248 e. The fraction of sp³-hybridized carbons (Fsp3) is 0.500. The number of alkyl halides is 3. The lowest BCUT2D eigenvalue weighted by atomic mass is 10.1. The van der Waals surface area contributed by atoms with Crippen molar-refractivity contribution in [1.29, 1.82) is 0 Å². The van der Waals surface area contributed by atoms with Crippen molar-refractivity contribution in [3.05, 3.63) is 29.1 Å². The fourth-order valence-electron chi connectivity index (χ4n) is 1.27. The van der Waals surface area contributed by atoms with Crippen LogP contribution < -0.4 is 0 Å². The van der Waals surface area contributed by atoms with Crippen LogP contribution in [-0.2, 0) is 12.6 Å². The van der Waals surface area contributed by atoms with Crippen LogP contribution in [0, 0.1) is 6.92 Å². The van der Waals surface area contributed by atoms with Gasteiger partial charge in [-0.1, -0.05) is 13.3 Å². The molecule has 78 valence electrons. The topological polar surface area (TPSA) is 12.9 Å². The van der Waals surface area contributed by atoms with Crippen molar-refractivity contribution in [3.8, 4) is 0 Å². The Morgan fingerprint density at radius 3 is 2.43 bits per heavy atom. The minimum atomic E-state index is -4.34. The molecular formula is C10H12F3N. The molecule has 0 atom stereocenters. The van der Waals surface area contributed by atoms with Gasteiger partial charge in [0.05, 0.1) is 0 Å². The number of hydrogen-bond acceptors (Lipinski definition) is 1. The lowest BCUT2D eigenvalue weighted by molar-refractivity contribution is -0.141. The largest absolute Gasteiger partial charge is 0.433 e. The third kappa shape index (κ3) is 2.72. The second kappa shape index (κ2) is 3.98. The van der Waals surface area contributed by atoms with Gasteiger partial charge < -0.3 is 0 Å². The maximum atomic E-state index is 12.3. The van der Waals surface area contributed by atoms with Crippen LogP contribution >= 0.6 is 0 Å². The summed E-state index contributed by atoms with van der Waals surface area (Å²) in [5.41, 5.74) is 0.330. The van der Waals surface area contributed by atoms with E-state index < -0.39 is 11.9 Å². The van der Waals surface area contributed by atoms with Crippen molar-refractivity contribution in [1.82, 2.24) is 4.98 Å². The first-order valence-corrected chi connectivity index (χ1v) is 4.48. The van der Waals surface area contributed by atoms with Crippen molar-refractivity contribution >= 4 is 0 Å². The molecule has 0 N–H and O–H groups in total. The van der Waals surface area contributed by atoms with Crippen LogP contribution in [0.3, 0.4) is 0 Å². The molecule has 0 fully saturated rings. The van der Waals surface area contributed by atoms with Crippen LogP contribution in [0.4, 0.5) is 13.2 Å². The average Bonchev–Trinajstić information content (AvgIpc) is 2.02. The van der Waals surface area contributed by atoms with E-state index in [9.17, 15) is 13.2 Å². The van der Waals surface area contributed by atoms with E-state index in [1.807, 2.05) is 6.92 Å². The smallest absolute Gasteiger partial charge is 0.248 e. The molecule has 0 unspecified atom stereocenters. The Morgan fingerprint density at radius 2 is 1.93 bits per heavy atom. The molecule has 0 saturated carbocycles. The Hall–Kier alpha value is -1.06. The molecule has 0 aliphatic carbocycles. The number of pyridine rings is 1. The summed E-state index contributed by atoms with van der Waals surface area (Å²) in [6.45, 7) is 3.56. The molecule has 0 amide bonds. The molecule has 1 aromatic rings. The zero-order valence-electron chi connectivity index (χ0n) is 8.15. The number of nitrogens with zero attached hydrogens (tertiary/aromatic N) is 1. The number of hydrogen-bond donors (Lipinski definition) is 0. The summed E-state index contributed by atoms with van der Waals surface area (Å²) in [5, 5.41) is 0. The molecule has 0 aromatic carbocycles. The van der Waals surface area contributed by atoms with E-state index in [-0.39, 0.29) is 0 Å². The first-order chi connectivity index (χ1) is 6.43. The molecule has 4 heteroatoms. The molecule has 0 aliphatic rings. The quantitative estimate of drug-likeness (QED) is 0.718. The Balaban J connectivity index is 3.07. The zero-order chi connectivity index (χ0) is 10.8. The molecule has 14 heavy (non-hydrogen) atoms. The second-order valence-electron chi connectivity index (χ2n) is 3.27. The highest BCUT2D eigenvalue weighted by molar-refractivity contribution is 5.22. The van der Waals surface area contributed by atoms with Gasteiger partial charge in [-0.25, -0.2) is 4.98 Å². The van der Waals surface area contributed by atoms with E-state index in [2.05, 4.69) is 4.98 Å². The van der Waals surface area contributed by atoms with Crippen LogP contribution in [0.2, 0.25) is 0 Å². The van der Waals surface area contributed by atoms with Crippen molar-refractivity contribution < 1.29 is 13.2 Å². The highest BCUT2D eigenvalue weighted by atomic mass is 19.4. The predicted molar refractivity (Wildman–Crippen MR) is 48.0 cm³/mol. The van der Waals surface area contributed by atoms with Crippen LogP contribution in [0.25, 0.3) is 0 Å². The molecule has 0 bridgehead atoms. The SMILES string of the molecule is CCCc1cc(C)cc(C(F)(F)F)n1. The van der Waals surface area contributed by atoms with Crippen LogP contribution in [0.15, 0.2) is 12.1 Å². The number of aromatic nitrogens is 1. The maximum absolute atomic E-state index is 12.3. The van der Waals surface area contributed by atoms with Gasteiger partial charge in [-0.05, 0) is 31.0 Å². The Morgan fingerprint density at radius 1 is 1.29 bits per heavy atom. The standard InChI is InChI=1S/C10H12F3N/c1-3-4-8-5-7(2)6-9(14-8)10(11,12)13/h5-6H,3-4H2,1-2H3. The summed E-state index contributed by atoms with van der Waals surface area (Å²) < 4.78 is 37.0. The maximum Gasteiger partial charge on any atom is 0.433 e. The third-order valence-electron chi connectivity index (χ3n) is 1.82. The van der Waals surface area contributed by atoms with Gasteiger partial charge in [0.25, 0.3) is 0 Å². The molecule has 0 spiro atoms.